The SMILES string of the molecule is NCC(O)COCCCCc1ccccc1. The van der Waals surface area contributed by atoms with Crippen molar-refractivity contribution in [1.29, 1.82) is 0 Å². The van der Waals surface area contributed by atoms with E-state index in [1.54, 1.807) is 0 Å². The zero-order chi connectivity index (χ0) is 11.6. The van der Waals surface area contributed by atoms with Crippen molar-refractivity contribution >= 4 is 0 Å². The lowest BCUT2D eigenvalue weighted by Gasteiger charge is -2.08. The van der Waals surface area contributed by atoms with Crippen molar-refractivity contribution in [2.45, 2.75) is 25.4 Å². The van der Waals surface area contributed by atoms with Gasteiger partial charge in [-0.25, -0.2) is 0 Å². The average molecular weight is 223 g/mol. The smallest absolute Gasteiger partial charge is 0.0895 e. The minimum absolute atomic E-state index is 0.268. The van der Waals surface area contributed by atoms with Gasteiger partial charge in [0.05, 0.1) is 12.7 Å². The quantitative estimate of drug-likeness (QED) is 0.654. The van der Waals surface area contributed by atoms with Gasteiger partial charge >= 0.3 is 0 Å². The Morgan fingerprint density at radius 2 is 1.94 bits per heavy atom. The molecule has 1 unspecified atom stereocenters. The Morgan fingerprint density at radius 3 is 2.62 bits per heavy atom. The lowest BCUT2D eigenvalue weighted by molar-refractivity contribution is 0.0398. The largest absolute Gasteiger partial charge is 0.389 e. The Bertz CT molecular complexity index is 264. The molecule has 3 heteroatoms. The summed E-state index contributed by atoms with van der Waals surface area (Å²) >= 11 is 0. The second-order valence-electron chi connectivity index (χ2n) is 3.91. The molecule has 1 aromatic carbocycles. The second-order valence-corrected chi connectivity index (χ2v) is 3.91. The minimum atomic E-state index is -0.519. The highest BCUT2D eigenvalue weighted by molar-refractivity contribution is 5.14. The van der Waals surface area contributed by atoms with Crippen LogP contribution >= 0.6 is 0 Å². The molecule has 0 saturated heterocycles. The first-order chi connectivity index (χ1) is 7.83. The Hall–Kier alpha value is -0.900. The van der Waals surface area contributed by atoms with Gasteiger partial charge in [0.1, 0.15) is 0 Å². The number of rotatable bonds is 8. The normalized spacial score (nSPS) is 12.6. The van der Waals surface area contributed by atoms with Gasteiger partial charge < -0.3 is 15.6 Å². The van der Waals surface area contributed by atoms with Gasteiger partial charge in [-0.05, 0) is 24.8 Å². The number of hydrogen-bond acceptors (Lipinski definition) is 3. The standard InChI is InChI=1S/C13H21NO2/c14-10-13(15)11-16-9-5-4-8-12-6-2-1-3-7-12/h1-3,6-7,13,15H,4-5,8-11,14H2. The Balaban J connectivity index is 1.96. The molecule has 0 heterocycles. The highest BCUT2D eigenvalue weighted by atomic mass is 16.5. The van der Waals surface area contributed by atoms with Crippen molar-refractivity contribution in [1.82, 2.24) is 0 Å². The van der Waals surface area contributed by atoms with Gasteiger partial charge in [-0.15, -0.1) is 0 Å². The van der Waals surface area contributed by atoms with Gasteiger partial charge in [-0.3, -0.25) is 0 Å². The van der Waals surface area contributed by atoms with E-state index in [9.17, 15) is 0 Å². The molecule has 0 radical (unpaired) electrons. The maximum atomic E-state index is 9.14. The fraction of sp³-hybridized carbons (Fsp3) is 0.538. The molecule has 3 nitrogen and oxygen atoms in total. The average Bonchev–Trinajstić information content (AvgIpc) is 2.34. The summed E-state index contributed by atoms with van der Waals surface area (Å²) in [6.45, 7) is 1.32. The van der Waals surface area contributed by atoms with Crippen LogP contribution in [0.15, 0.2) is 30.3 Å². The number of aliphatic hydroxyl groups excluding tert-OH is 1. The van der Waals surface area contributed by atoms with E-state index in [0.717, 1.165) is 19.3 Å². The fourth-order valence-corrected chi connectivity index (χ4v) is 1.47. The lowest BCUT2D eigenvalue weighted by atomic mass is 10.1. The third kappa shape index (κ3) is 5.85. The summed E-state index contributed by atoms with van der Waals surface area (Å²) in [6.07, 6.45) is 2.70. The van der Waals surface area contributed by atoms with Crippen molar-refractivity contribution in [2.75, 3.05) is 19.8 Å². The molecule has 16 heavy (non-hydrogen) atoms. The molecule has 0 bridgehead atoms. The number of aryl methyl sites for hydroxylation is 1. The predicted molar refractivity (Wildman–Crippen MR) is 65.3 cm³/mol. The molecule has 0 aliphatic carbocycles. The van der Waals surface area contributed by atoms with Crippen LogP contribution in [0.25, 0.3) is 0 Å². The molecule has 0 saturated carbocycles. The number of unbranched alkanes of at least 4 members (excludes halogenated alkanes) is 1. The molecule has 0 aliphatic heterocycles. The first kappa shape index (κ1) is 13.2. The van der Waals surface area contributed by atoms with Crippen molar-refractivity contribution in [3.8, 4) is 0 Å². The van der Waals surface area contributed by atoms with E-state index in [1.165, 1.54) is 5.56 Å². The highest BCUT2D eigenvalue weighted by Gasteiger charge is 1.99. The van der Waals surface area contributed by atoms with Gasteiger partial charge in [0, 0.05) is 13.2 Å². The van der Waals surface area contributed by atoms with Crippen LogP contribution in [0.1, 0.15) is 18.4 Å². The van der Waals surface area contributed by atoms with Crippen LogP contribution < -0.4 is 5.73 Å². The van der Waals surface area contributed by atoms with Gasteiger partial charge in [0.25, 0.3) is 0 Å². The van der Waals surface area contributed by atoms with E-state index < -0.39 is 6.10 Å². The van der Waals surface area contributed by atoms with Gasteiger partial charge in [-0.1, -0.05) is 30.3 Å². The molecule has 1 atom stereocenters. The summed E-state index contributed by atoms with van der Waals surface area (Å²) in [5, 5.41) is 9.14. The predicted octanol–water partition coefficient (Wildman–Crippen LogP) is 1.35. The molecule has 1 aromatic rings. The molecule has 3 N–H and O–H groups in total. The maximum absolute atomic E-state index is 9.14. The van der Waals surface area contributed by atoms with Gasteiger partial charge in [0.2, 0.25) is 0 Å². The van der Waals surface area contributed by atoms with Crippen LogP contribution in [-0.4, -0.2) is 31.0 Å². The third-order valence-corrected chi connectivity index (χ3v) is 2.43. The molecule has 0 aromatic heterocycles. The van der Waals surface area contributed by atoms with Crippen LogP contribution in [0.5, 0.6) is 0 Å². The molecule has 0 aliphatic rings. The fourth-order valence-electron chi connectivity index (χ4n) is 1.47. The summed E-state index contributed by atoms with van der Waals surface area (Å²) < 4.78 is 5.29. The molecular formula is C13H21NO2. The Labute approximate surface area is 97.2 Å². The van der Waals surface area contributed by atoms with Crippen LogP contribution in [0.2, 0.25) is 0 Å². The molecular weight excluding hydrogens is 202 g/mol. The second kappa shape index (κ2) is 8.28. The third-order valence-electron chi connectivity index (χ3n) is 2.43. The summed E-state index contributed by atoms with van der Waals surface area (Å²) in [6, 6.07) is 10.4. The number of aliphatic hydroxyl groups is 1. The number of hydrogen-bond donors (Lipinski definition) is 2. The molecule has 1 rings (SSSR count). The Morgan fingerprint density at radius 1 is 1.19 bits per heavy atom. The van der Waals surface area contributed by atoms with Crippen LogP contribution in [0, 0.1) is 0 Å². The van der Waals surface area contributed by atoms with Crippen LogP contribution in [0.4, 0.5) is 0 Å². The number of nitrogens with two attached hydrogens (primary N) is 1. The first-order valence-corrected chi connectivity index (χ1v) is 5.82. The Kier molecular flexibility index (Phi) is 6.81. The van der Waals surface area contributed by atoms with Crippen LogP contribution in [-0.2, 0) is 11.2 Å². The van der Waals surface area contributed by atoms with Crippen molar-refractivity contribution < 1.29 is 9.84 Å². The van der Waals surface area contributed by atoms with E-state index >= 15 is 0 Å². The van der Waals surface area contributed by atoms with Crippen molar-refractivity contribution in [3.05, 3.63) is 35.9 Å². The topological polar surface area (TPSA) is 55.5 Å². The van der Waals surface area contributed by atoms with E-state index in [2.05, 4.69) is 24.3 Å². The summed E-state index contributed by atoms with van der Waals surface area (Å²) in [4.78, 5) is 0. The monoisotopic (exact) mass is 223 g/mol. The zero-order valence-corrected chi connectivity index (χ0v) is 9.64. The number of benzene rings is 1. The van der Waals surface area contributed by atoms with E-state index in [1.807, 2.05) is 6.07 Å². The molecule has 0 spiro atoms. The summed E-state index contributed by atoms with van der Waals surface area (Å²) in [7, 11) is 0. The summed E-state index contributed by atoms with van der Waals surface area (Å²) in [5.41, 5.74) is 6.62. The highest BCUT2D eigenvalue weighted by Crippen LogP contribution is 2.04. The van der Waals surface area contributed by atoms with E-state index in [4.69, 9.17) is 15.6 Å². The van der Waals surface area contributed by atoms with Gasteiger partial charge in [0.15, 0.2) is 0 Å². The molecule has 0 amide bonds. The maximum Gasteiger partial charge on any atom is 0.0895 e. The lowest BCUT2D eigenvalue weighted by Crippen LogP contribution is -2.25. The molecule has 90 valence electrons. The number of ether oxygens (including phenoxy) is 1. The minimum Gasteiger partial charge on any atom is -0.389 e. The van der Waals surface area contributed by atoms with E-state index in [-0.39, 0.29) is 6.54 Å². The summed E-state index contributed by atoms with van der Waals surface area (Å²) in [5.74, 6) is 0. The zero-order valence-electron chi connectivity index (χ0n) is 9.64. The first-order valence-electron chi connectivity index (χ1n) is 5.82. The van der Waals surface area contributed by atoms with Crippen LogP contribution in [0.3, 0.4) is 0 Å². The molecule has 0 fully saturated rings. The van der Waals surface area contributed by atoms with Crippen molar-refractivity contribution in [3.63, 3.8) is 0 Å². The van der Waals surface area contributed by atoms with E-state index in [0.29, 0.717) is 13.2 Å². The van der Waals surface area contributed by atoms with Gasteiger partial charge in [-0.2, -0.15) is 0 Å². The van der Waals surface area contributed by atoms with Crippen molar-refractivity contribution in [2.24, 2.45) is 5.73 Å².